The molecule has 4 heteroatoms. The number of fused-ring (bicyclic) bond motifs is 3. The molecule has 0 N–H and O–H groups in total. The van der Waals surface area contributed by atoms with Crippen molar-refractivity contribution in [1.29, 1.82) is 0 Å². The van der Waals surface area contributed by atoms with Gasteiger partial charge in [-0.2, -0.15) is 0 Å². The summed E-state index contributed by atoms with van der Waals surface area (Å²) in [5.41, 5.74) is 0.689. The van der Waals surface area contributed by atoms with E-state index in [4.69, 9.17) is 4.74 Å². The average Bonchev–Trinajstić information content (AvgIpc) is 2.93. The quantitative estimate of drug-likeness (QED) is 0.383. The van der Waals surface area contributed by atoms with Crippen molar-refractivity contribution in [3.63, 3.8) is 0 Å². The highest BCUT2D eigenvalue weighted by molar-refractivity contribution is 7.25. The minimum Gasteiger partial charge on any atom is -0.490 e. The van der Waals surface area contributed by atoms with Gasteiger partial charge < -0.3 is 4.74 Å². The zero-order valence-corrected chi connectivity index (χ0v) is 13.8. The summed E-state index contributed by atoms with van der Waals surface area (Å²) in [5.74, 6) is -0.427. The topological polar surface area (TPSA) is 9.23 Å². The smallest absolute Gasteiger partial charge is 0.182 e. The summed E-state index contributed by atoms with van der Waals surface area (Å²) in [6, 6.07) is 7.11. The van der Waals surface area contributed by atoms with Crippen LogP contribution in [0, 0.1) is 11.6 Å². The van der Waals surface area contributed by atoms with E-state index in [-0.39, 0.29) is 11.6 Å². The molecule has 1 nitrogen and oxygen atoms in total. The molecule has 0 fully saturated rings. The van der Waals surface area contributed by atoms with Gasteiger partial charge in [-0.15, -0.1) is 17.9 Å². The first-order valence-corrected chi connectivity index (χ1v) is 8.54. The molecule has 1 aromatic heterocycles. The lowest BCUT2D eigenvalue weighted by Gasteiger charge is -2.06. The van der Waals surface area contributed by atoms with Gasteiger partial charge in [0.15, 0.2) is 11.6 Å². The molecule has 0 saturated heterocycles. The molecule has 0 aliphatic rings. The largest absolute Gasteiger partial charge is 0.490 e. The van der Waals surface area contributed by atoms with Gasteiger partial charge in [0.1, 0.15) is 5.82 Å². The van der Waals surface area contributed by atoms with Crippen molar-refractivity contribution in [3.8, 4) is 5.75 Å². The molecule has 3 aromatic rings. The van der Waals surface area contributed by atoms with Crippen molar-refractivity contribution in [2.75, 3.05) is 6.61 Å². The lowest BCUT2D eigenvalue weighted by Crippen LogP contribution is -1.97. The second-order valence-corrected chi connectivity index (χ2v) is 6.47. The van der Waals surface area contributed by atoms with Gasteiger partial charge in [-0.3, -0.25) is 0 Å². The third-order valence-corrected chi connectivity index (χ3v) is 5.04. The zero-order chi connectivity index (χ0) is 16.4. The van der Waals surface area contributed by atoms with Crippen LogP contribution < -0.4 is 4.74 Å². The van der Waals surface area contributed by atoms with Gasteiger partial charge in [-0.05, 0) is 30.5 Å². The fraction of sp³-hybridized carbons (Fsp3) is 0.263. The summed E-state index contributed by atoms with van der Waals surface area (Å²) in [7, 11) is 0. The number of benzene rings is 2. The van der Waals surface area contributed by atoms with Crippen LogP contribution in [0.3, 0.4) is 0 Å². The Labute approximate surface area is 138 Å². The summed E-state index contributed by atoms with van der Waals surface area (Å²) in [4.78, 5) is 0. The van der Waals surface area contributed by atoms with E-state index in [0.717, 1.165) is 28.5 Å². The van der Waals surface area contributed by atoms with Crippen molar-refractivity contribution in [2.24, 2.45) is 0 Å². The summed E-state index contributed by atoms with van der Waals surface area (Å²) in [5, 5.41) is 1.50. The molecule has 0 aliphatic carbocycles. The number of ether oxygens (including phenoxy) is 1. The average molecular weight is 332 g/mol. The van der Waals surface area contributed by atoms with Crippen molar-refractivity contribution >= 4 is 31.5 Å². The van der Waals surface area contributed by atoms with Crippen molar-refractivity contribution in [3.05, 3.63) is 54.1 Å². The van der Waals surface area contributed by atoms with Crippen LogP contribution in [0.1, 0.15) is 25.3 Å². The van der Waals surface area contributed by atoms with E-state index >= 15 is 0 Å². The molecule has 0 bridgehead atoms. The van der Waals surface area contributed by atoms with Crippen LogP contribution in [-0.4, -0.2) is 6.61 Å². The van der Waals surface area contributed by atoms with Gasteiger partial charge in [-0.25, -0.2) is 8.78 Å². The first kappa shape index (κ1) is 15.9. The van der Waals surface area contributed by atoms with E-state index < -0.39 is 5.82 Å². The predicted molar refractivity (Wildman–Crippen MR) is 93.6 cm³/mol. The Morgan fingerprint density at radius 3 is 2.48 bits per heavy atom. The number of hydrogen-bond donors (Lipinski definition) is 0. The van der Waals surface area contributed by atoms with Crippen molar-refractivity contribution in [2.45, 2.75) is 26.2 Å². The van der Waals surface area contributed by atoms with Gasteiger partial charge in [0.25, 0.3) is 0 Å². The van der Waals surface area contributed by atoms with E-state index in [1.807, 2.05) is 13.0 Å². The highest BCUT2D eigenvalue weighted by Crippen LogP contribution is 2.40. The van der Waals surface area contributed by atoms with Crippen LogP contribution in [0.15, 0.2) is 36.9 Å². The second-order valence-electron chi connectivity index (χ2n) is 5.45. The Morgan fingerprint density at radius 2 is 1.78 bits per heavy atom. The van der Waals surface area contributed by atoms with Gasteiger partial charge >= 0.3 is 0 Å². The third kappa shape index (κ3) is 2.83. The minimum atomic E-state index is -0.413. The summed E-state index contributed by atoms with van der Waals surface area (Å²) >= 11 is 1.16. The van der Waals surface area contributed by atoms with E-state index in [1.54, 1.807) is 24.3 Å². The number of hydrogen-bond acceptors (Lipinski definition) is 2. The summed E-state index contributed by atoms with van der Waals surface area (Å²) in [6.45, 7) is 6.01. The Bertz CT molecular complexity index is 867. The lowest BCUT2D eigenvalue weighted by molar-refractivity contribution is 0.309. The molecule has 3 rings (SSSR count). The number of thiophene rings is 1. The fourth-order valence-electron chi connectivity index (χ4n) is 2.69. The standard InChI is InChI=1S/C19H18F2OS/c1-3-5-11-22-15-10-9-14-13-8-7-12(6-4-2)16(20)18(13)23-19(14)17(15)21/h3,7-10H,1,4-6,11H2,2H3. The third-order valence-electron chi connectivity index (χ3n) is 3.83. The molecule has 0 radical (unpaired) electrons. The molecule has 0 aliphatic heterocycles. The maximum atomic E-state index is 14.7. The van der Waals surface area contributed by atoms with Crippen LogP contribution >= 0.6 is 11.3 Å². The highest BCUT2D eigenvalue weighted by atomic mass is 32.1. The Hall–Kier alpha value is -1.94. The van der Waals surface area contributed by atoms with Crippen LogP contribution in [0.5, 0.6) is 5.75 Å². The van der Waals surface area contributed by atoms with Gasteiger partial charge in [-0.1, -0.05) is 31.6 Å². The van der Waals surface area contributed by atoms with Crippen molar-refractivity contribution < 1.29 is 13.5 Å². The van der Waals surface area contributed by atoms with E-state index in [0.29, 0.717) is 34.4 Å². The SMILES string of the molecule is C=CCCOc1ccc2c(sc3c(F)c(CCC)ccc32)c1F. The normalized spacial score (nSPS) is 11.3. The van der Waals surface area contributed by atoms with E-state index in [9.17, 15) is 8.78 Å². The van der Waals surface area contributed by atoms with Gasteiger partial charge in [0.2, 0.25) is 0 Å². The minimum absolute atomic E-state index is 0.208. The highest BCUT2D eigenvalue weighted by Gasteiger charge is 2.17. The van der Waals surface area contributed by atoms with Crippen LogP contribution in [0.25, 0.3) is 20.2 Å². The lowest BCUT2D eigenvalue weighted by atomic mass is 10.1. The number of aryl methyl sites for hydroxylation is 1. The predicted octanol–water partition coefficient (Wildman–Crippen LogP) is 6.24. The summed E-state index contributed by atoms with van der Waals surface area (Å²) < 4.78 is 35.7. The molecule has 1 heterocycles. The zero-order valence-electron chi connectivity index (χ0n) is 13.0. The maximum absolute atomic E-state index is 14.7. The van der Waals surface area contributed by atoms with E-state index in [2.05, 4.69) is 6.58 Å². The summed E-state index contributed by atoms with van der Waals surface area (Å²) in [6.07, 6.45) is 3.94. The molecule has 0 atom stereocenters. The molecule has 2 aromatic carbocycles. The molecule has 23 heavy (non-hydrogen) atoms. The van der Waals surface area contributed by atoms with E-state index in [1.165, 1.54) is 0 Å². The molecule has 120 valence electrons. The van der Waals surface area contributed by atoms with Crippen LogP contribution in [-0.2, 0) is 6.42 Å². The Morgan fingerprint density at radius 1 is 1.09 bits per heavy atom. The molecule has 0 saturated carbocycles. The van der Waals surface area contributed by atoms with Crippen molar-refractivity contribution in [1.82, 2.24) is 0 Å². The Balaban J connectivity index is 2.12. The Kier molecular flexibility index (Phi) is 4.62. The monoisotopic (exact) mass is 332 g/mol. The van der Waals surface area contributed by atoms with Gasteiger partial charge in [0.05, 0.1) is 16.0 Å². The molecular weight excluding hydrogens is 314 g/mol. The molecule has 0 unspecified atom stereocenters. The second kappa shape index (κ2) is 6.67. The molecule has 0 amide bonds. The fourth-order valence-corrected chi connectivity index (χ4v) is 3.88. The molecule has 0 spiro atoms. The van der Waals surface area contributed by atoms with Gasteiger partial charge in [0, 0.05) is 10.8 Å². The molecular formula is C19H18F2OS. The first-order valence-electron chi connectivity index (χ1n) is 7.73. The van der Waals surface area contributed by atoms with Crippen LogP contribution in [0.2, 0.25) is 0 Å². The maximum Gasteiger partial charge on any atom is 0.182 e. The number of halogens is 2. The number of rotatable bonds is 6. The van der Waals surface area contributed by atoms with Crippen LogP contribution in [0.4, 0.5) is 8.78 Å². The first-order chi connectivity index (χ1) is 11.2.